The fourth-order valence-electron chi connectivity index (χ4n) is 2.57. The highest BCUT2D eigenvalue weighted by molar-refractivity contribution is 7.98. The molecule has 3 aromatic rings. The number of hydrogen-bond donors (Lipinski definition) is 1. The van der Waals surface area contributed by atoms with Crippen LogP contribution in [-0.4, -0.2) is 23.0 Å². The molecule has 0 aliphatic rings. The number of hydrogen-bond acceptors (Lipinski definition) is 6. The van der Waals surface area contributed by atoms with Gasteiger partial charge in [-0.2, -0.15) is 0 Å². The SMILES string of the molecule is Cc1cccc(NC(=O)C(C)OC(=O)c2ccc(SCc3csc(C)n3)cc2)c1. The van der Waals surface area contributed by atoms with Gasteiger partial charge in [0.2, 0.25) is 0 Å². The van der Waals surface area contributed by atoms with E-state index in [0.29, 0.717) is 11.3 Å². The lowest BCUT2D eigenvalue weighted by molar-refractivity contribution is -0.123. The van der Waals surface area contributed by atoms with Crippen LogP contribution in [0.4, 0.5) is 5.69 Å². The van der Waals surface area contributed by atoms with E-state index in [4.69, 9.17) is 4.74 Å². The minimum Gasteiger partial charge on any atom is -0.449 e. The maximum absolute atomic E-state index is 12.3. The van der Waals surface area contributed by atoms with Crippen LogP contribution in [0, 0.1) is 13.8 Å². The highest BCUT2D eigenvalue weighted by Gasteiger charge is 2.19. The topological polar surface area (TPSA) is 68.3 Å². The van der Waals surface area contributed by atoms with Crippen molar-refractivity contribution < 1.29 is 14.3 Å². The molecular formula is C22H22N2O3S2. The molecule has 1 atom stereocenters. The van der Waals surface area contributed by atoms with Gasteiger partial charge in [0.05, 0.1) is 16.3 Å². The Hall–Kier alpha value is -2.64. The number of aromatic nitrogens is 1. The van der Waals surface area contributed by atoms with Crippen molar-refractivity contribution in [1.29, 1.82) is 0 Å². The summed E-state index contributed by atoms with van der Waals surface area (Å²) in [5.41, 5.74) is 3.17. The summed E-state index contributed by atoms with van der Waals surface area (Å²) in [4.78, 5) is 30.1. The van der Waals surface area contributed by atoms with Crippen LogP contribution < -0.4 is 5.32 Å². The molecule has 5 nitrogen and oxygen atoms in total. The second-order valence-corrected chi connectivity index (χ2v) is 8.69. The van der Waals surface area contributed by atoms with Gasteiger partial charge in [0.1, 0.15) is 0 Å². The van der Waals surface area contributed by atoms with Crippen molar-refractivity contribution in [2.75, 3.05) is 5.32 Å². The number of nitrogens with zero attached hydrogens (tertiary/aromatic N) is 1. The number of nitrogens with one attached hydrogen (secondary N) is 1. The molecule has 29 heavy (non-hydrogen) atoms. The van der Waals surface area contributed by atoms with Crippen LogP contribution in [-0.2, 0) is 15.3 Å². The van der Waals surface area contributed by atoms with Gasteiger partial charge >= 0.3 is 5.97 Å². The lowest BCUT2D eigenvalue weighted by Gasteiger charge is -2.14. The summed E-state index contributed by atoms with van der Waals surface area (Å²) in [5, 5.41) is 5.87. The predicted octanol–water partition coefficient (Wildman–Crippen LogP) is 5.24. The highest BCUT2D eigenvalue weighted by Crippen LogP contribution is 2.24. The Bertz CT molecular complexity index is 999. The van der Waals surface area contributed by atoms with E-state index in [1.807, 2.05) is 44.2 Å². The Morgan fingerprint density at radius 2 is 1.93 bits per heavy atom. The smallest absolute Gasteiger partial charge is 0.338 e. The van der Waals surface area contributed by atoms with Crippen molar-refractivity contribution in [3.63, 3.8) is 0 Å². The summed E-state index contributed by atoms with van der Waals surface area (Å²) in [6, 6.07) is 14.6. The summed E-state index contributed by atoms with van der Waals surface area (Å²) < 4.78 is 5.31. The van der Waals surface area contributed by atoms with Crippen molar-refractivity contribution in [2.45, 2.75) is 37.5 Å². The summed E-state index contributed by atoms with van der Waals surface area (Å²) in [6.45, 7) is 5.49. The van der Waals surface area contributed by atoms with E-state index in [1.165, 1.54) is 0 Å². The fourth-order valence-corrected chi connectivity index (χ4v) is 4.08. The number of esters is 1. The van der Waals surface area contributed by atoms with Crippen molar-refractivity contribution in [2.24, 2.45) is 0 Å². The molecule has 0 saturated carbocycles. The fraction of sp³-hybridized carbons (Fsp3) is 0.227. The molecule has 7 heteroatoms. The molecule has 1 heterocycles. The van der Waals surface area contributed by atoms with Crippen LogP contribution in [0.25, 0.3) is 0 Å². The Kier molecular flexibility index (Phi) is 7.06. The van der Waals surface area contributed by atoms with Crippen LogP contribution in [0.5, 0.6) is 0 Å². The van der Waals surface area contributed by atoms with Crippen molar-refractivity contribution in [3.05, 3.63) is 75.7 Å². The van der Waals surface area contributed by atoms with Gasteiger partial charge in [-0.15, -0.1) is 23.1 Å². The Morgan fingerprint density at radius 1 is 1.17 bits per heavy atom. The van der Waals surface area contributed by atoms with Crippen LogP contribution in [0.3, 0.4) is 0 Å². The molecule has 1 unspecified atom stereocenters. The second kappa shape index (κ2) is 9.71. The number of anilines is 1. The first-order chi connectivity index (χ1) is 13.9. The molecule has 1 aromatic heterocycles. The summed E-state index contributed by atoms with van der Waals surface area (Å²) in [6.07, 6.45) is -0.898. The van der Waals surface area contributed by atoms with Gasteiger partial charge in [-0.25, -0.2) is 9.78 Å². The third kappa shape index (κ3) is 6.17. The molecule has 0 fully saturated rings. The molecule has 1 amide bonds. The molecule has 0 aliphatic carbocycles. The first kappa shape index (κ1) is 21.1. The van der Waals surface area contributed by atoms with E-state index in [0.717, 1.165) is 26.9 Å². The van der Waals surface area contributed by atoms with Crippen LogP contribution in [0.1, 0.15) is 33.5 Å². The lowest BCUT2D eigenvalue weighted by atomic mass is 10.2. The van der Waals surface area contributed by atoms with E-state index in [9.17, 15) is 9.59 Å². The Balaban J connectivity index is 1.52. The summed E-state index contributed by atoms with van der Waals surface area (Å²) >= 11 is 3.29. The van der Waals surface area contributed by atoms with Gasteiger partial charge in [-0.3, -0.25) is 4.79 Å². The maximum atomic E-state index is 12.3. The first-order valence-corrected chi connectivity index (χ1v) is 11.0. The van der Waals surface area contributed by atoms with Gasteiger partial charge in [-0.1, -0.05) is 12.1 Å². The molecule has 0 spiro atoms. The molecule has 1 N–H and O–H groups in total. The molecular weight excluding hydrogens is 404 g/mol. The van der Waals surface area contributed by atoms with E-state index in [2.05, 4.69) is 15.7 Å². The lowest BCUT2D eigenvalue weighted by Crippen LogP contribution is -2.30. The molecule has 2 aromatic carbocycles. The number of amides is 1. The monoisotopic (exact) mass is 426 g/mol. The minimum atomic E-state index is -0.898. The highest BCUT2D eigenvalue weighted by atomic mass is 32.2. The Morgan fingerprint density at radius 3 is 2.59 bits per heavy atom. The molecule has 0 bridgehead atoms. The number of rotatable bonds is 7. The van der Waals surface area contributed by atoms with Crippen LogP contribution in [0.2, 0.25) is 0 Å². The average Bonchev–Trinajstić information content (AvgIpc) is 3.12. The van der Waals surface area contributed by atoms with Crippen molar-refractivity contribution >= 4 is 40.7 Å². The predicted molar refractivity (Wildman–Crippen MR) is 118 cm³/mol. The molecule has 0 saturated heterocycles. The van der Waals surface area contributed by atoms with E-state index >= 15 is 0 Å². The number of carbonyl (C=O) groups is 2. The largest absolute Gasteiger partial charge is 0.449 e. The Labute approximate surface area is 178 Å². The van der Waals surface area contributed by atoms with Crippen molar-refractivity contribution in [1.82, 2.24) is 4.98 Å². The third-order valence-corrected chi connectivity index (χ3v) is 5.95. The number of carbonyl (C=O) groups excluding carboxylic acids is 2. The average molecular weight is 427 g/mol. The van der Waals surface area contributed by atoms with Gasteiger partial charge in [0.15, 0.2) is 6.10 Å². The number of benzene rings is 2. The van der Waals surface area contributed by atoms with Crippen LogP contribution in [0.15, 0.2) is 58.8 Å². The number of thiazole rings is 1. The quantitative estimate of drug-likeness (QED) is 0.413. The second-order valence-electron chi connectivity index (χ2n) is 6.58. The molecule has 3 rings (SSSR count). The van der Waals surface area contributed by atoms with E-state index in [-0.39, 0.29) is 5.91 Å². The minimum absolute atomic E-state index is 0.366. The van der Waals surface area contributed by atoms with E-state index < -0.39 is 12.1 Å². The zero-order valence-corrected chi connectivity index (χ0v) is 18.1. The maximum Gasteiger partial charge on any atom is 0.338 e. The third-order valence-electron chi connectivity index (χ3n) is 4.08. The summed E-state index contributed by atoms with van der Waals surface area (Å²) in [5.74, 6) is -0.108. The standard InChI is InChI=1S/C22H22N2O3S2/c1-14-5-4-6-18(11-14)24-21(25)15(2)27-22(26)17-7-9-20(10-8-17)29-13-19-12-28-16(3)23-19/h4-12,15H,13H2,1-3H3,(H,24,25). The summed E-state index contributed by atoms with van der Waals surface area (Å²) in [7, 11) is 0. The van der Waals surface area contributed by atoms with Gasteiger partial charge in [0.25, 0.3) is 5.91 Å². The zero-order valence-electron chi connectivity index (χ0n) is 16.5. The number of thioether (sulfide) groups is 1. The normalized spacial score (nSPS) is 11.7. The van der Waals surface area contributed by atoms with Gasteiger partial charge < -0.3 is 10.1 Å². The number of aryl methyl sites for hydroxylation is 2. The number of ether oxygens (including phenoxy) is 1. The van der Waals surface area contributed by atoms with Gasteiger partial charge in [-0.05, 0) is 62.7 Å². The molecule has 150 valence electrons. The first-order valence-electron chi connectivity index (χ1n) is 9.13. The van der Waals surface area contributed by atoms with E-state index in [1.54, 1.807) is 48.2 Å². The van der Waals surface area contributed by atoms with Gasteiger partial charge in [0, 0.05) is 21.7 Å². The van der Waals surface area contributed by atoms with Crippen LogP contribution >= 0.6 is 23.1 Å². The zero-order chi connectivity index (χ0) is 20.8. The van der Waals surface area contributed by atoms with Crippen molar-refractivity contribution in [3.8, 4) is 0 Å². The molecule has 0 aliphatic heterocycles. The molecule has 0 radical (unpaired) electrons.